The van der Waals surface area contributed by atoms with Gasteiger partial charge in [-0.05, 0) is 37.6 Å². The maximum absolute atomic E-state index is 12.9. The van der Waals surface area contributed by atoms with Gasteiger partial charge in [-0.15, -0.1) is 0 Å². The Balaban J connectivity index is 1.66. The molecule has 0 aliphatic carbocycles. The third-order valence-corrected chi connectivity index (χ3v) is 4.94. The lowest BCUT2D eigenvalue weighted by molar-refractivity contribution is -0.145. The average Bonchev–Trinajstić information content (AvgIpc) is 2.56. The number of rotatable bonds is 2. The Kier molecular flexibility index (Phi) is 3.53. The first-order valence-corrected chi connectivity index (χ1v) is 8.43. The number of aryl methyl sites for hydroxylation is 1. The van der Waals surface area contributed by atoms with Crippen molar-refractivity contribution in [3.05, 3.63) is 59.7 Å². The minimum Gasteiger partial charge on any atom is -0.468 e. The minimum absolute atomic E-state index is 0.200. The van der Waals surface area contributed by atoms with Crippen LogP contribution in [0.3, 0.4) is 0 Å². The second-order valence-electron chi connectivity index (χ2n) is 7.00. The van der Waals surface area contributed by atoms with Crippen molar-refractivity contribution in [3.63, 3.8) is 0 Å². The quantitative estimate of drug-likeness (QED) is 0.829. The molecule has 2 bridgehead atoms. The van der Waals surface area contributed by atoms with Gasteiger partial charge in [0.15, 0.2) is 5.72 Å². The van der Waals surface area contributed by atoms with Gasteiger partial charge in [0.05, 0.1) is 0 Å². The van der Waals surface area contributed by atoms with Crippen LogP contribution >= 0.6 is 0 Å². The van der Waals surface area contributed by atoms with Crippen molar-refractivity contribution in [1.82, 2.24) is 5.32 Å². The molecule has 5 heteroatoms. The SMILES string of the molecule is Cc1ccc(NC(=O)[C@@H]2C(=O)N[C@@]3(C)C[C@H]2c2ccccc2O3)cc1. The fraction of sp³-hybridized carbons (Fsp3) is 0.300. The predicted octanol–water partition coefficient (Wildman–Crippen LogP) is 2.96. The standard InChI is InChI=1S/C20H20N2O3/c1-12-7-9-13(10-8-12)21-18(23)17-15-11-20(2,22-19(17)24)25-16-6-4-3-5-14(15)16/h3-10,15,17H,11H2,1-2H3,(H,21,23)(H,22,24)/t15-,17+,20+/m0/s1. The van der Waals surface area contributed by atoms with Crippen LogP contribution in [-0.4, -0.2) is 17.5 Å². The maximum Gasteiger partial charge on any atom is 0.237 e. The number of nitrogens with one attached hydrogen (secondary N) is 2. The molecule has 2 heterocycles. The summed E-state index contributed by atoms with van der Waals surface area (Å²) < 4.78 is 5.96. The van der Waals surface area contributed by atoms with Gasteiger partial charge < -0.3 is 15.4 Å². The topological polar surface area (TPSA) is 67.4 Å². The van der Waals surface area contributed by atoms with E-state index in [1.165, 1.54) is 0 Å². The third-order valence-electron chi connectivity index (χ3n) is 4.94. The van der Waals surface area contributed by atoms with Crippen LogP contribution in [-0.2, 0) is 9.59 Å². The fourth-order valence-electron chi connectivity index (χ4n) is 3.75. The molecule has 25 heavy (non-hydrogen) atoms. The Labute approximate surface area is 146 Å². The first kappa shape index (κ1) is 15.7. The Bertz CT molecular complexity index is 846. The number of hydrogen-bond acceptors (Lipinski definition) is 3. The molecule has 4 rings (SSSR count). The molecule has 2 N–H and O–H groups in total. The molecule has 2 amide bonds. The minimum atomic E-state index is -0.778. The van der Waals surface area contributed by atoms with E-state index in [9.17, 15) is 9.59 Å². The number of benzene rings is 2. The van der Waals surface area contributed by atoms with Crippen LogP contribution in [0.5, 0.6) is 5.75 Å². The van der Waals surface area contributed by atoms with E-state index < -0.39 is 11.6 Å². The van der Waals surface area contributed by atoms with Crippen molar-refractivity contribution in [2.45, 2.75) is 31.9 Å². The van der Waals surface area contributed by atoms with Crippen molar-refractivity contribution in [2.75, 3.05) is 5.32 Å². The summed E-state index contributed by atoms with van der Waals surface area (Å²) in [7, 11) is 0. The van der Waals surface area contributed by atoms with Crippen LogP contribution in [0.4, 0.5) is 5.69 Å². The molecule has 0 unspecified atom stereocenters. The van der Waals surface area contributed by atoms with Crippen LogP contribution in [0.1, 0.15) is 30.4 Å². The summed E-state index contributed by atoms with van der Waals surface area (Å²) in [5, 5.41) is 5.74. The molecule has 1 saturated heterocycles. The Morgan fingerprint density at radius 3 is 2.68 bits per heavy atom. The van der Waals surface area contributed by atoms with Gasteiger partial charge in [-0.3, -0.25) is 9.59 Å². The van der Waals surface area contributed by atoms with E-state index in [1.54, 1.807) is 0 Å². The van der Waals surface area contributed by atoms with E-state index in [-0.39, 0.29) is 17.7 Å². The van der Waals surface area contributed by atoms with Crippen LogP contribution in [0, 0.1) is 12.8 Å². The molecule has 2 aliphatic rings. The van der Waals surface area contributed by atoms with Crippen molar-refractivity contribution in [2.24, 2.45) is 5.92 Å². The number of ether oxygens (including phenoxy) is 1. The van der Waals surface area contributed by atoms with E-state index in [0.717, 1.165) is 16.9 Å². The normalized spacial score (nSPS) is 26.9. The number of amides is 2. The van der Waals surface area contributed by atoms with Gasteiger partial charge in [0, 0.05) is 18.0 Å². The van der Waals surface area contributed by atoms with Crippen molar-refractivity contribution in [1.29, 1.82) is 0 Å². The van der Waals surface area contributed by atoms with Crippen LogP contribution in [0.15, 0.2) is 48.5 Å². The zero-order valence-electron chi connectivity index (χ0n) is 14.2. The van der Waals surface area contributed by atoms with E-state index in [1.807, 2.05) is 62.4 Å². The molecule has 1 fully saturated rings. The third kappa shape index (κ3) is 2.76. The van der Waals surface area contributed by atoms with Gasteiger partial charge in [-0.2, -0.15) is 0 Å². The van der Waals surface area contributed by atoms with E-state index >= 15 is 0 Å². The number of carbonyl (C=O) groups is 2. The van der Waals surface area contributed by atoms with Crippen molar-refractivity contribution in [3.8, 4) is 5.75 Å². The van der Waals surface area contributed by atoms with Gasteiger partial charge in [-0.1, -0.05) is 35.9 Å². The molecule has 128 valence electrons. The van der Waals surface area contributed by atoms with Crippen LogP contribution in [0.25, 0.3) is 0 Å². The van der Waals surface area contributed by atoms with Crippen LogP contribution in [0.2, 0.25) is 0 Å². The molecule has 0 aromatic heterocycles. The second kappa shape index (κ2) is 5.62. The summed E-state index contributed by atoms with van der Waals surface area (Å²) in [6, 6.07) is 15.2. The highest BCUT2D eigenvalue weighted by Gasteiger charge is 2.51. The Morgan fingerprint density at radius 2 is 1.92 bits per heavy atom. The monoisotopic (exact) mass is 336 g/mol. The molecule has 0 radical (unpaired) electrons. The van der Waals surface area contributed by atoms with E-state index in [2.05, 4.69) is 10.6 Å². The number of fused-ring (bicyclic) bond motifs is 4. The van der Waals surface area contributed by atoms with Crippen molar-refractivity contribution < 1.29 is 14.3 Å². The van der Waals surface area contributed by atoms with Gasteiger partial charge in [0.1, 0.15) is 11.7 Å². The fourth-order valence-corrected chi connectivity index (χ4v) is 3.75. The summed E-state index contributed by atoms with van der Waals surface area (Å²) in [6.07, 6.45) is 0.571. The zero-order valence-corrected chi connectivity index (χ0v) is 14.2. The predicted molar refractivity (Wildman–Crippen MR) is 94.3 cm³/mol. The van der Waals surface area contributed by atoms with Gasteiger partial charge >= 0.3 is 0 Å². The summed E-state index contributed by atoms with van der Waals surface area (Å²) in [4.78, 5) is 25.5. The molecule has 2 aromatic carbocycles. The lowest BCUT2D eigenvalue weighted by Crippen LogP contribution is -2.62. The molecule has 2 aromatic rings. The van der Waals surface area contributed by atoms with Gasteiger partial charge in [0.25, 0.3) is 0 Å². The summed E-state index contributed by atoms with van der Waals surface area (Å²) in [5.41, 5.74) is 1.95. The molecule has 0 spiro atoms. The number of piperidine rings is 1. The number of hydrogen-bond donors (Lipinski definition) is 2. The lowest BCUT2D eigenvalue weighted by atomic mass is 9.74. The second-order valence-corrected chi connectivity index (χ2v) is 7.00. The number of anilines is 1. The van der Waals surface area contributed by atoms with Crippen LogP contribution < -0.4 is 15.4 Å². The van der Waals surface area contributed by atoms with E-state index in [4.69, 9.17) is 4.74 Å². The van der Waals surface area contributed by atoms with Gasteiger partial charge in [0.2, 0.25) is 11.8 Å². The highest BCUT2D eigenvalue weighted by Crippen LogP contribution is 2.46. The summed E-state index contributed by atoms with van der Waals surface area (Å²) >= 11 is 0. The van der Waals surface area contributed by atoms with E-state index in [0.29, 0.717) is 12.1 Å². The molecule has 5 nitrogen and oxygen atoms in total. The first-order chi connectivity index (χ1) is 12.0. The number of carbonyl (C=O) groups excluding carboxylic acids is 2. The highest BCUT2D eigenvalue weighted by atomic mass is 16.5. The average molecular weight is 336 g/mol. The molecule has 2 aliphatic heterocycles. The molecular weight excluding hydrogens is 316 g/mol. The molecule has 0 saturated carbocycles. The van der Waals surface area contributed by atoms with Crippen molar-refractivity contribution >= 4 is 17.5 Å². The largest absolute Gasteiger partial charge is 0.468 e. The molecular formula is C20H20N2O3. The Hall–Kier alpha value is -2.82. The smallest absolute Gasteiger partial charge is 0.237 e. The summed E-state index contributed by atoms with van der Waals surface area (Å²) in [5.74, 6) is -0.828. The Morgan fingerprint density at radius 1 is 1.20 bits per heavy atom. The summed E-state index contributed by atoms with van der Waals surface area (Å²) in [6.45, 7) is 3.84. The highest BCUT2D eigenvalue weighted by molar-refractivity contribution is 6.08. The molecule has 3 atom stereocenters. The zero-order chi connectivity index (χ0) is 17.6. The number of para-hydroxylation sites is 1. The first-order valence-electron chi connectivity index (χ1n) is 8.43. The lowest BCUT2D eigenvalue weighted by Gasteiger charge is -2.46. The van der Waals surface area contributed by atoms with Gasteiger partial charge in [-0.25, -0.2) is 0 Å². The maximum atomic E-state index is 12.9.